The molecule has 0 unspecified atom stereocenters. The van der Waals surface area contributed by atoms with Crippen molar-refractivity contribution in [3.05, 3.63) is 52.5 Å². The average Bonchev–Trinajstić information content (AvgIpc) is 2.74. The molecule has 1 N–H and O–H groups in total. The van der Waals surface area contributed by atoms with Crippen LogP contribution in [0.3, 0.4) is 0 Å². The molecule has 0 radical (unpaired) electrons. The summed E-state index contributed by atoms with van der Waals surface area (Å²) in [4.78, 5) is 15.3. The lowest BCUT2D eigenvalue weighted by Crippen LogP contribution is -2.32. The van der Waals surface area contributed by atoms with Gasteiger partial charge < -0.3 is 10.2 Å². The normalized spacial score (nSPS) is 14.4. The van der Waals surface area contributed by atoms with Crippen LogP contribution in [0.15, 0.2) is 41.3 Å². The van der Waals surface area contributed by atoms with Crippen LogP contribution in [0.1, 0.15) is 35.2 Å². The third-order valence-corrected chi connectivity index (χ3v) is 7.16. The Hall–Kier alpha value is -2.60. The Kier molecular flexibility index (Phi) is 6.66. The number of rotatable bonds is 5. The summed E-state index contributed by atoms with van der Waals surface area (Å²) >= 11 is 6.07. The van der Waals surface area contributed by atoms with Gasteiger partial charge in [-0.2, -0.15) is 5.26 Å². The molecule has 1 aliphatic heterocycles. The second-order valence-electron chi connectivity index (χ2n) is 7.27. The van der Waals surface area contributed by atoms with Crippen LogP contribution in [0.5, 0.6) is 0 Å². The zero-order chi connectivity index (χ0) is 21.9. The number of nitrogens with zero attached hydrogens (tertiary/aromatic N) is 3. The van der Waals surface area contributed by atoms with Gasteiger partial charge in [-0.1, -0.05) is 11.6 Å². The number of piperidine rings is 1. The van der Waals surface area contributed by atoms with Crippen LogP contribution in [-0.4, -0.2) is 45.8 Å². The van der Waals surface area contributed by atoms with Gasteiger partial charge in [0.15, 0.2) is 0 Å². The zero-order valence-electron chi connectivity index (χ0n) is 16.9. The van der Waals surface area contributed by atoms with Gasteiger partial charge in [0.2, 0.25) is 10.0 Å². The lowest BCUT2D eigenvalue weighted by molar-refractivity contribution is 0.102. The minimum atomic E-state index is -3.69. The Balaban J connectivity index is 2.01. The molecule has 1 aliphatic rings. The van der Waals surface area contributed by atoms with E-state index >= 15 is 0 Å². The van der Waals surface area contributed by atoms with Crippen LogP contribution in [0.4, 0.5) is 11.4 Å². The first-order valence-corrected chi connectivity index (χ1v) is 11.4. The first-order chi connectivity index (χ1) is 14.2. The summed E-state index contributed by atoms with van der Waals surface area (Å²) in [5.41, 5.74) is 1.71. The maximum absolute atomic E-state index is 13.1. The molecule has 0 saturated carbocycles. The molecular weight excluding hydrogens is 424 g/mol. The van der Waals surface area contributed by atoms with Crippen molar-refractivity contribution in [2.75, 3.05) is 37.4 Å². The maximum atomic E-state index is 13.1. The summed E-state index contributed by atoms with van der Waals surface area (Å²) in [6.45, 7) is 1.62. The zero-order valence-corrected chi connectivity index (χ0v) is 18.4. The van der Waals surface area contributed by atoms with Gasteiger partial charge in [0, 0.05) is 38.6 Å². The maximum Gasteiger partial charge on any atom is 0.257 e. The smallest absolute Gasteiger partial charge is 0.257 e. The number of hydrogen-bond acceptors (Lipinski definition) is 5. The number of hydrogen-bond donors (Lipinski definition) is 1. The summed E-state index contributed by atoms with van der Waals surface area (Å²) in [7, 11) is -0.790. The number of carbonyl (C=O) groups is 1. The van der Waals surface area contributed by atoms with Crippen molar-refractivity contribution in [2.45, 2.75) is 24.2 Å². The molecule has 1 fully saturated rings. The average molecular weight is 447 g/mol. The van der Waals surface area contributed by atoms with Gasteiger partial charge in [-0.25, -0.2) is 12.7 Å². The number of amides is 1. The van der Waals surface area contributed by atoms with E-state index in [-0.39, 0.29) is 15.5 Å². The molecule has 3 rings (SSSR count). The first-order valence-electron chi connectivity index (χ1n) is 9.56. The molecule has 158 valence electrons. The monoisotopic (exact) mass is 446 g/mol. The fourth-order valence-electron chi connectivity index (χ4n) is 3.36. The Labute approximate surface area is 181 Å². The van der Waals surface area contributed by atoms with Crippen LogP contribution < -0.4 is 10.2 Å². The molecular formula is C21H23ClN4O3S. The molecule has 1 heterocycles. The Morgan fingerprint density at radius 2 is 1.83 bits per heavy atom. The Morgan fingerprint density at radius 1 is 1.13 bits per heavy atom. The summed E-state index contributed by atoms with van der Waals surface area (Å²) in [6, 6.07) is 11.2. The second-order valence-corrected chi connectivity index (χ2v) is 9.83. The van der Waals surface area contributed by atoms with Crippen molar-refractivity contribution in [1.82, 2.24) is 4.31 Å². The molecule has 2 aromatic rings. The lowest BCUT2D eigenvalue weighted by atomic mass is 10.1. The number of nitrogens with one attached hydrogen (secondary N) is 1. The highest BCUT2D eigenvalue weighted by Crippen LogP contribution is 2.29. The van der Waals surface area contributed by atoms with E-state index in [1.165, 1.54) is 38.4 Å². The number of benzene rings is 2. The fourth-order valence-corrected chi connectivity index (χ4v) is 4.51. The van der Waals surface area contributed by atoms with Gasteiger partial charge in [-0.15, -0.1) is 0 Å². The minimum absolute atomic E-state index is 0.0521. The van der Waals surface area contributed by atoms with Crippen LogP contribution in [0, 0.1) is 11.3 Å². The van der Waals surface area contributed by atoms with Crippen molar-refractivity contribution in [1.29, 1.82) is 5.26 Å². The third kappa shape index (κ3) is 4.59. The SMILES string of the molecule is CN(C)S(=O)(=O)c1ccc(N2CCCCC2)c(C(=O)Nc2ccc(C#N)c(Cl)c2)c1. The molecule has 0 aliphatic carbocycles. The number of carbonyl (C=O) groups excluding carboxylic acids is 1. The standard InChI is InChI=1S/C21H23ClN4O3S/c1-25(2)30(28,29)17-8-9-20(26-10-4-3-5-11-26)18(13-17)21(27)24-16-7-6-15(14-23)19(22)12-16/h6-9,12-13H,3-5,10-11H2,1-2H3,(H,24,27). The molecule has 0 spiro atoms. The third-order valence-electron chi connectivity index (χ3n) is 5.04. The van der Waals surface area contributed by atoms with Gasteiger partial charge in [0.05, 0.1) is 21.0 Å². The van der Waals surface area contributed by atoms with Crippen LogP contribution >= 0.6 is 11.6 Å². The number of sulfonamides is 1. The summed E-state index contributed by atoms with van der Waals surface area (Å²) in [5, 5.41) is 12.0. The van der Waals surface area contributed by atoms with Crippen molar-refractivity contribution < 1.29 is 13.2 Å². The quantitative estimate of drug-likeness (QED) is 0.755. The molecule has 1 saturated heterocycles. The van der Waals surface area contributed by atoms with Gasteiger partial charge in [0.25, 0.3) is 5.91 Å². The van der Waals surface area contributed by atoms with Crippen molar-refractivity contribution >= 4 is 38.9 Å². The molecule has 7 nitrogen and oxygen atoms in total. The Bertz CT molecular complexity index is 1100. The van der Waals surface area contributed by atoms with E-state index in [9.17, 15) is 13.2 Å². The fraction of sp³-hybridized carbons (Fsp3) is 0.333. The molecule has 9 heteroatoms. The van der Waals surface area contributed by atoms with Gasteiger partial charge in [-0.3, -0.25) is 4.79 Å². The van der Waals surface area contributed by atoms with E-state index < -0.39 is 15.9 Å². The highest BCUT2D eigenvalue weighted by Gasteiger charge is 2.24. The first kappa shape index (κ1) is 22.1. The minimum Gasteiger partial charge on any atom is -0.371 e. The molecule has 30 heavy (non-hydrogen) atoms. The predicted molar refractivity (Wildman–Crippen MR) is 117 cm³/mol. The van der Waals surface area contributed by atoms with Crippen molar-refractivity contribution in [3.63, 3.8) is 0 Å². The number of anilines is 2. The van der Waals surface area contributed by atoms with Gasteiger partial charge in [-0.05, 0) is 55.7 Å². The topological polar surface area (TPSA) is 93.5 Å². The van der Waals surface area contributed by atoms with Gasteiger partial charge >= 0.3 is 0 Å². The van der Waals surface area contributed by atoms with E-state index in [2.05, 4.69) is 10.2 Å². The number of halogens is 1. The van der Waals surface area contributed by atoms with Crippen molar-refractivity contribution in [2.24, 2.45) is 0 Å². The molecule has 0 bridgehead atoms. The van der Waals surface area contributed by atoms with E-state index in [4.69, 9.17) is 16.9 Å². The lowest BCUT2D eigenvalue weighted by Gasteiger charge is -2.30. The van der Waals surface area contributed by atoms with Crippen molar-refractivity contribution in [3.8, 4) is 6.07 Å². The van der Waals surface area contributed by atoms with E-state index in [0.717, 1.165) is 36.7 Å². The number of nitriles is 1. The summed E-state index contributed by atoms with van der Waals surface area (Å²) < 4.78 is 26.3. The summed E-state index contributed by atoms with van der Waals surface area (Å²) in [6.07, 6.45) is 3.17. The van der Waals surface area contributed by atoms with Crippen LogP contribution in [0.2, 0.25) is 5.02 Å². The second kappa shape index (κ2) is 9.04. The van der Waals surface area contributed by atoms with Crippen LogP contribution in [0.25, 0.3) is 0 Å². The summed E-state index contributed by atoms with van der Waals surface area (Å²) in [5.74, 6) is -0.438. The highest BCUT2D eigenvalue weighted by atomic mass is 35.5. The predicted octanol–water partition coefficient (Wildman–Crippen LogP) is 3.70. The largest absolute Gasteiger partial charge is 0.371 e. The molecule has 0 atom stereocenters. The molecule has 2 aromatic carbocycles. The van der Waals surface area contributed by atoms with Crippen LogP contribution in [-0.2, 0) is 10.0 Å². The van der Waals surface area contributed by atoms with E-state index in [1.54, 1.807) is 12.1 Å². The Morgan fingerprint density at radius 3 is 2.43 bits per heavy atom. The van der Waals surface area contributed by atoms with Gasteiger partial charge in [0.1, 0.15) is 6.07 Å². The van der Waals surface area contributed by atoms with E-state index in [1.807, 2.05) is 6.07 Å². The molecule has 1 amide bonds. The highest BCUT2D eigenvalue weighted by molar-refractivity contribution is 7.89. The van der Waals surface area contributed by atoms with E-state index in [0.29, 0.717) is 16.9 Å². The molecule has 0 aromatic heterocycles.